The van der Waals surface area contributed by atoms with Gasteiger partial charge < -0.3 is 9.42 Å². The van der Waals surface area contributed by atoms with Crippen molar-refractivity contribution in [2.24, 2.45) is 7.05 Å². The molecule has 10 heteroatoms. The molecule has 1 atom stereocenters. The molecule has 4 rings (SSSR count). The van der Waals surface area contributed by atoms with E-state index in [1.165, 1.54) is 4.68 Å². The Kier molecular flexibility index (Phi) is 4.79. The van der Waals surface area contributed by atoms with E-state index in [2.05, 4.69) is 15.2 Å². The first kappa shape index (κ1) is 19.4. The zero-order chi connectivity index (χ0) is 20.8. The van der Waals surface area contributed by atoms with Crippen molar-refractivity contribution in [1.29, 1.82) is 0 Å². The van der Waals surface area contributed by atoms with E-state index >= 15 is 0 Å². The van der Waals surface area contributed by atoms with Gasteiger partial charge in [0.05, 0.1) is 16.6 Å². The second-order valence-electron chi connectivity index (χ2n) is 7.23. The summed E-state index contributed by atoms with van der Waals surface area (Å²) in [5.41, 5.74) is -0.0869. The maximum absolute atomic E-state index is 13.7. The lowest BCUT2D eigenvalue weighted by Crippen LogP contribution is -2.39. The standard InChI is InChI=1S/C19H20F3N5O2/c1-3-12-9-13(19(20,21)22)15-16(25-29-17(15)23-12)11-5-4-7-27(10-11)18(28)14-6-8-26(2)24-14/h6,8-9,11H,3-5,7,10H2,1-2H3/t11-/m1/s1. The summed E-state index contributed by atoms with van der Waals surface area (Å²) in [4.78, 5) is 18.5. The number of hydrogen-bond acceptors (Lipinski definition) is 5. The van der Waals surface area contributed by atoms with Gasteiger partial charge in [-0.1, -0.05) is 12.1 Å². The minimum Gasteiger partial charge on any atom is -0.337 e. The Labute approximate surface area is 164 Å². The number of nitrogens with zero attached hydrogens (tertiary/aromatic N) is 5. The van der Waals surface area contributed by atoms with Crippen molar-refractivity contribution in [2.75, 3.05) is 13.1 Å². The number of amides is 1. The number of alkyl halides is 3. The van der Waals surface area contributed by atoms with Gasteiger partial charge in [0.2, 0.25) is 0 Å². The summed E-state index contributed by atoms with van der Waals surface area (Å²) in [5, 5.41) is 7.96. The van der Waals surface area contributed by atoms with Crippen LogP contribution in [0.2, 0.25) is 0 Å². The number of fused-ring (bicyclic) bond motifs is 1. The van der Waals surface area contributed by atoms with Crippen LogP contribution in [0.1, 0.15) is 53.1 Å². The topological polar surface area (TPSA) is 77.0 Å². The second-order valence-corrected chi connectivity index (χ2v) is 7.23. The van der Waals surface area contributed by atoms with Gasteiger partial charge in [0.15, 0.2) is 0 Å². The minimum absolute atomic E-state index is 0.105. The molecule has 0 unspecified atom stereocenters. The molecule has 1 amide bonds. The van der Waals surface area contributed by atoms with Crippen LogP contribution < -0.4 is 0 Å². The Morgan fingerprint density at radius 3 is 2.83 bits per heavy atom. The molecule has 0 bridgehead atoms. The molecule has 0 spiro atoms. The van der Waals surface area contributed by atoms with E-state index in [-0.39, 0.29) is 35.2 Å². The number of halogens is 3. The smallest absolute Gasteiger partial charge is 0.337 e. The quantitative estimate of drug-likeness (QED) is 0.664. The van der Waals surface area contributed by atoms with E-state index in [1.54, 1.807) is 31.1 Å². The first-order valence-corrected chi connectivity index (χ1v) is 9.43. The zero-order valence-corrected chi connectivity index (χ0v) is 16.0. The van der Waals surface area contributed by atoms with E-state index in [0.29, 0.717) is 37.2 Å². The van der Waals surface area contributed by atoms with Crippen LogP contribution in [0, 0.1) is 0 Å². The summed E-state index contributed by atoms with van der Waals surface area (Å²) >= 11 is 0. The molecule has 1 fully saturated rings. The van der Waals surface area contributed by atoms with Crippen molar-refractivity contribution in [2.45, 2.75) is 38.3 Å². The van der Waals surface area contributed by atoms with Crippen molar-refractivity contribution < 1.29 is 22.5 Å². The number of piperidine rings is 1. The summed E-state index contributed by atoms with van der Waals surface area (Å²) in [5.74, 6) is -0.612. The average molecular weight is 407 g/mol. The largest absolute Gasteiger partial charge is 0.417 e. The van der Waals surface area contributed by atoms with Crippen LogP contribution in [-0.2, 0) is 19.6 Å². The number of rotatable bonds is 3. The number of aryl methyl sites for hydroxylation is 2. The minimum atomic E-state index is -4.55. The fourth-order valence-electron chi connectivity index (χ4n) is 3.78. The first-order valence-electron chi connectivity index (χ1n) is 9.43. The first-order chi connectivity index (χ1) is 13.8. The van der Waals surface area contributed by atoms with Crippen molar-refractivity contribution >= 4 is 17.0 Å². The van der Waals surface area contributed by atoms with Gasteiger partial charge in [0.1, 0.15) is 5.69 Å². The van der Waals surface area contributed by atoms with Crippen molar-refractivity contribution in [3.63, 3.8) is 0 Å². The second kappa shape index (κ2) is 7.16. The van der Waals surface area contributed by atoms with Crippen LogP contribution in [0.15, 0.2) is 22.9 Å². The Morgan fingerprint density at radius 1 is 1.38 bits per heavy atom. The maximum Gasteiger partial charge on any atom is 0.417 e. The summed E-state index contributed by atoms with van der Waals surface area (Å²) in [6.07, 6.45) is -1.26. The highest BCUT2D eigenvalue weighted by molar-refractivity contribution is 5.92. The van der Waals surface area contributed by atoms with E-state index in [0.717, 1.165) is 6.07 Å². The number of carbonyl (C=O) groups excluding carboxylic acids is 1. The molecule has 0 aromatic carbocycles. The molecular formula is C19H20F3N5O2. The predicted octanol–water partition coefficient (Wildman–Crippen LogP) is 3.56. The molecule has 154 valence electrons. The Bertz CT molecular complexity index is 1060. The molecule has 7 nitrogen and oxygen atoms in total. The third-order valence-electron chi connectivity index (χ3n) is 5.22. The molecule has 3 aromatic rings. The average Bonchev–Trinajstić information content (AvgIpc) is 3.32. The molecule has 1 aliphatic heterocycles. The van der Waals surface area contributed by atoms with Gasteiger partial charge in [-0.25, -0.2) is 4.98 Å². The van der Waals surface area contributed by atoms with E-state index in [1.807, 2.05) is 0 Å². The Balaban J connectivity index is 1.70. The van der Waals surface area contributed by atoms with E-state index in [9.17, 15) is 18.0 Å². The fourth-order valence-corrected chi connectivity index (χ4v) is 3.78. The molecule has 0 radical (unpaired) electrons. The van der Waals surface area contributed by atoms with Gasteiger partial charge in [-0.15, -0.1) is 0 Å². The highest BCUT2D eigenvalue weighted by atomic mass is 19.4. The molecule has 3 aromatic heterocycles. The normalized spacial score (nSPS) is 17.8. The molecule has 0 N–H and O–H groups in total. The highest BCUT2D eigenvalue weighted by Crippen LogP contribution is 2.40. The number of likely N-dealkylation sites (tertiary alicyclic amines) is 1. The molecule has 0 aliphatic carbocycles. The summed E-state index contributed by atoms with van der Waals surface area (Å²) < 4.78 is 47.9. The maximum atomic E-state index is 13.7. The highest BCUT2D eigenvalue weighted by Gasteiger charge is 2.38. The molecular weight excluding hydrogens is 387 g/mol. The van der Waals surface area contributed by atoms with Gasteiger partial charge in [-0.3, -0.25) is 9.48 Å². The number of hydrogen-bond donors (Lipinski definition) is 0. The van der Waals surface area contributed by atoms with Crippen molar-refractivity contribution in [3.8, 4) is 0 Å². The molecule has 1 saturated heterocycles. The Morgan fingerprint density at radius 2 is 2.17 bits per heavy atom. The van der Waals surface area contributed by atoms with Gasteiger partial charge in [0, 0.05) is 37.9 Å². The summed E-state index contributed by atoms with van der Waals surface area (Å²) in [6, 6.07) is 2.68. The number of pyridine rings is 1. The van der Waals surface area contributed by atoms with Crippen LogP contribution in [0.4, 0.5) is 13.2 Å². The van der Waals surface area contributed by atoms with Gasteiger partial charge in [-0.05, 0) is 31.4 Å². The van der Waals surface area contributed by atoms with Crippen LogP contribution in [0.5, 0.6) is 0 Å². The van der Waals surface area contributed by atoms with Gasteiger partial charge in [-0.2, -0.15) is 18.3 Å². The predicted molar refractivity (Wildman–Crippen MR) is 97.3 cm³/mol. The van der Waals surface area contributed by atoms with Crippen molar-refractivity contribution in [1.82, 2.24) is 24.8 Å². The Hall–Kier alpha value is -2.91. The lowest BCUT2D eigenvalue weighted by Gasteiger charge is -2.31. The number of aromatic nitrogens is 4. The SMILES string of the molecule is CCc1cc(C(F)(F)F)c2c([C@@H]3CCCN(C(=O)c4ccn(C)n4)C3)noc2n1. The third-order valence-corrected chi connectivity index (χ3v) is 5.22. The fraction of sp³-hybridized carbons (Fsp3) is 0.474. The van der Waals surface area contributed by atoms with Crippen molar-refractivity contribution in [3.05, 3.63) is 41.0 Å². The third kappa shape index (κ3) is 3.58. The summed E-state index contributed by atoms with van der Waals surface area (Å²) in [6.45, 7) is 2.50. The molecule has 4 heterocycles. The molecule has 29 heavy (non-hydrogen) atoms. The van der Waals surface area contributed by atoms with Crippen LogP contribution in [-0.4, -0.2) is 43.8 Å². The molecule has 0 saturated carbocycles. The van der Waals surface area contributed by atoms with E-state index < -0.39 is 11.7 Å². The van der Waals surface area contributed by atoms with E-state index in [4.69, 9.17) is 4.52 Å². The van der Waals surface area contributed by atoms with Crippen LogP contribution >= 0.6 is 0 Å². The van der Waals surface area contributed by atoms with Crippen LogP contribution in [0.3, 0.4) is 0 Å². The molecule has 1 aliphatic rings. The zero-order valence-electron chi connectivity index (χ0n) is 16.0. The monoisotopic (exact) mass is 407 g/mol. The van der Waals surface area contributed by atoms with Crippen LogP contribution in [0.25, 0.3) is 11.1 Å². The lowest BCUT2D eigenvalue weighted by molar-refractivity contribution is -0.136. The number of carbonyl (C=O) groups is 1. The lowest BCUT2D eigenvalue weighted by atomic mass is 9.91. The van der Waals surface area contributed by atoms with Gasteiger partial charge in [0.25, 0.3) is 11.6 Å². The van der Waals surface area contributed by atoms with Gasteiger partial charge >= 0.3 is 6.18 Å². The summed E-state index contributed by atoms with van der Waals surface area (Å²) in [7, 11) is 1.72.